The van der Waals surface area contributed by atoms with E-state index in [0.29, 0.717) is 0 Å². The summed E-state index contributed by atoms with van der Waals surface area (Å²) in [5.41, 5.74) is 4.83. The van der Waals surface area contributed by atoms with Crippen LogP contribution in [0.3, 0.4) is 0 Å². The van der Waals surface area contributed by atoms with Gasteiger partial charge in [-0.3, -0.25) is 4.52 Å². The predicted octanol–water partition coefficient (Wildman–Crippen LogP) is 7.86. The van der Waals surface area contributed by atoms with Crippen molar-refractivity contribution in [2.75, 3.05) is 0 Å². The van der Waals surface area contributed by atoms with E-state index >= 15 is 0 Å². The minimum atomic E-state index is 1.03. The molecule has 3 aromatic heterocycles. The summed E-state index contributed by atoms with van der Waals surface area (Å²) in [5.74, 6) is 0. The molecule has 0 saturated heterocycles. The molecule has 0 amide bonds. The quantitative estimate of drug-likeness (QED) is 0.268. The zero-order chi connectivity index (χ0) is 21.9. The van der Waals surface area contributed by atoms with Crippen LogP contribution in [0, 0.1) is 0 Å². The molecule has 4 aromatic carbocycles. The zero-order valence-corrected chi connectivity index (χ0v) is 18.7. The highest BCUT2D eigenvalue weighted by molar-refractivity contribution is 7.26. The number of rotatable bonds is 1. The fraction of sp³-hybridized carbons (Fsp3) is 0. The van der Waals surface area contributed by atoms with Gasteiger partial charge in [0.05, 0.1) is 11.0 Å². The topological polar surface area (TPSA) is 20.2 Å². The van der Waals surface area contributed by atoms with Crippen molar-refractivity contribution in [1.82, 2.24) is 9.61 Å². The average Bonchev–Trinajstić information content (AvgIpc) is 3.39. The van der Waals surface area contributed by atoms with E-state index in [9.17, 15) is 0 Å². The molecular weight excluding hydrogens is 420 g/mol. The van der Waals surface area contributed by atoms with E-state index in [0.717, 1.165) is 5.22 Å². The molecule has 0 saturated carbocycles. The van der Waals surface area contributed by atoms with Gasteiger partial charge in [-0.2, -0.15) is 0 Å². The van der Waals surface area contributed by atoms with Gasteiger partial charge in [-0.15, -0.1) is 11.3 Å². The maximum atomic E-state index is 4.48. The van der Waals surface area contributed by atoms with E-state index in [1.165, 1.54) is 58.5 Å². The maximum Gasteiger partial charge on any atom is 0.0802 e. The van der Waals surface area contributed by atoms with Crippen molar-refractivity contribution in [2.24, 2.45) is 0 Å². The molecule has 2 nitrogen and oxygen atoms in total. The van der Waals surface area contributed by atoms with Gasteiger partial charge in [0.1, 0.15) is 0 Å². The van der Waals surface area contributed by atoms with Gasteiger partial charge in [0.15, 0.2) is 0 Å². The third-order valence-electron chi connectivity index (χ3n) is 6.53. The number of H-pyrrole nitrogens is 1. The first-order valence-corrected chi connectivity index (χ1v) is 11.9. The highest BCUT2D eigenvalue weighted by atomic mass is 32.1. The monoisotopic (exact) mass is 440 g/mol. The number of aromatic nitrogens is 2. The molecule has 7 aromatic rings. The first kappa shape index (κ1) is 18.5. The highest BCUT2D eigenvalue weighted by Crippen LogP contribution is 2.42. The lowest BCUT2D eigenvalue weighted by molar-refractivity contribution is 0.990. The minimum Gasteiger partial charge on any atom is -0.301 e. The van der Waals surface area contributed by atoms with Crippen LogP contribution in [0.2, 0.25) is 0 Å². The second kappa shape index (κ2) is 6.96. The predicted molar refractivity (Wildman–Crippen MR) is 143 cm³/mol. The first-order valence-electron chi connectivity index (χ1n) is 11.1. The molecule has 0 aliphatic carbocycles. The summed E-state index contributed by atoms with van der Waals surface area (Å²) in [5, 5.41) is 10.8. The van der Waals surface area contributed by atoms with Gasteiger partial charge < -0.3 is 5.10 Å². The Kier molecular flexibility index (Phi) is 3.90. The summed E-state index contributed by atoms with van der Waals surface area (Å²) in [6.45, 7) is 4.48. The summed E-state index contributed by atoms with van der Waals surface area (Å²) in [6.07, 6.45) is 1.98. The SMILES string of the molecule is C=c1cccc[nH]n2c3ccccc3c3cc4c5cc(-c6ccccc6)ccc5sc4c1c32. The molecule has 0 bridgehead atoms. The molecule has 0 unspecified atom stereocenters. The summed E-state index contributed by atoms with van der Waals surface area (Å²) >= 11 is 1.85. The lowest BCUT2D eigenvalue weighted by Crippen LogP contribution is -1.97. The lowest BCUT2D eigenvalue weighted by atomic mass is 10.0. The van der Waals surface area contributed by atoms with Gasteiger partial charge in [-0.1, -0.05) is 73.3 Å². The molecular formula is C30H20N2S. The van der Waals surface area contributed by atoms with Gasteiger partial charge in [-0.05, 0) is 46.7 Å². The summed E-state index contributed by atoms with van der Waals surface area (Å²) in [6, 6.07) is 34.6. The van der Waals surface area contributed by atoms with E-state index < -0.39 is 0 Å². The average molecular weight is 441 g/mol. The van der Waals surface area contributed by atoms with Crippen LogP contribution in [0.15, 0.2) is 103 Å². The number of benzene rings is 4. The molecule has 3 heterocycles. The Bertz CT molecular complexity index is 1940. The molecule has 0 radical (unpaired) electrons. The minimum absolute atomic E-state index is 1.03. The van der Waals surface area contributed by atoms with E-state index in [1.807, 2.05) is 23.6 Å². The lowest BCUT2D eigenvalue weighted by Gasteiger charge is -2.03. The molecule has 0 fully saturated rings. The van der Waals surface area contributed by atoms with Gasteiger partial charge in [-0.25, -0.2) is 0 Å². The molecule has 0 aliphatic heterocycles. The second-order valence-electron chi connectivity index (χ2n) is 8.43. The Morgan fingerprint density at radius 1 is 0.667 bits per heavy atom. The number of nitrogens with one attached hydrogen (secondary N) is 1. The zero-order valence-electron chi connectivity index (χ0n) is 17.9. The summed E-state index contributed by atoms with van der Waals surface area (Å²) < 4.78 is 4.78. The van der Waals surface area contributed by atoms with E-state index in [-0.39, 0.29) is 0 Å². The fourth-order valence-corrected chi connectivity index (χ4v) is 6.27. The number of hydrogen-bond donors (Lipinski definition) is 1. The van der Waals surface area contributed by atoms with Crippen LogP contribution in [0.1, 0.15) is 0 Å². The van der Waals surface area contributed by atoms with Crippen molar-refractivity contribution in [3.05, 3.63) is 108 Å². The van der Waals surface area contributed by atoms with Crippen molar-refractivity contribution >= 4 is 65.3 Å². The number of aromatic amines is 1. The van der Waals surface area contributed by atoms with Crippen molar-refractivity contribution < 1.29 is 0 Å². The van der Waals surface area contributed by atoms with Crippen LogP contribution in [0.25, 0.3) is 65.1 Å². The van der Waals surface area contributed by atoms with Crippen LogP contribution < -0.4 is 5.22 Å². The number of hydrogen-bond acceptors (Lipinski definition) is 1. The van der Waals surface area contributed by atoms with Gasteiger partial charge in [0.2, 0.25) is 0 Å². The number of thiophene rings is 1. The van der Waals surface area contributed by atoms with Crippen molar-refractivity contribution in [1.29, 1.82) is 0 Å². The molecule has 0 spiro atoms. The Balaban J connectivity index is 1.74. The molecule has 3 heteroatoms. The Morgan fingerprint density at radius 2 is 1.48 bits per heavy atom. The molecule has 156 valence electrons. The molecule has 7 rings (SSSR count). The summed E-state index contributed by atoms with van der Waals surface area (Å²) in [4.78, 5) is 0. The van der Waals surface area contributed by atoms with E-state index in [2.05, 4.69) is 107 Å². The van der Waals surface area contributed by atoms with E-state index in [4.69, 9.17) is 0 Å². The van der Waals surface area contributed by atoms with Crippen LogP contribution >= 0.6 is 11.3 Å². The van der Waals surface area contributed by atoms with Crippen LogP contribution in [0.5, 0.6) is 0 Å². The normalized spacial score (nSPS) is 11.8. The number of para-hydroxylation sites is 1. The third kappa shape index (κ3) is 2.66. The van der Waals surface area contributed by atoms with Gasteiger partial charge in [0, 0.05) is 42.5 Å². The fourth-order valence-electron chi connectivity index (χ4n) is 5.03. The molecule has 0 atom stereocenters. The van der Waals surface area contributed by atoms with Crippen LogP contribution in [0.4, 0.5) is 0 Å². The number of fused-ring (bicyclic) bond motifs is 7. The highest BCUT2D eigenvalue weighted by Gasteiger charge is 2.16. The Morgan fingerprint density at radius 3 is 2.39 bits per heavy atom. The molecule has 1 N–H and O–H groups in total. The first-order chi connectivity index (χ1) is 16.3. The Hall–Kier alpha value is -4.08. The van der Waals surface area contributed by atoms with Crippen LogP contribution in [-0.2, 0) is 0 Å². The van der Waals surface area contributed by atoms with Crippen molar-refractivity contribution in [3.63, 3.8) is 0 Å². The maximum absolute atomic E-state index is 4.48. The summed E-state index contributed by atoms with van der Waals surface area (Å²) in [7, 11) is 0. The second-order valence-corrected chi connectivity index (χ2v) is 9.48. The van der Waals surface area contributed by atoms with Gasteiger partial charge >= 0.3 is 0 Å². The third-order valence-corrected chi connectivity index (χ3v) is 7.73. The largest absolute Gasteiger partial charge is 0.301 e. The van der Waals surface area contributed by atoms with Crippen LogP contribution in [-0.4, -0.2) is 9.61 Å². The van der Waals surface area contributed by atoms with Crippen molar-refractivity contribution in [2.45, 2.75) is 0 Å². The smallest absolute Gasteiger partial charge is 0.0802 e. The Labute approximate surface area is 194 Å². The van der Waals surface area contributed by atoms with E-state index in [1.54, 1.807) is 0 Å². The van der Waals surface area contributed by atoms with Crippen molar-refractivity contribution in [3.8, 4) is 11.1 Å². The molecule has 33 heavy (non-hydrogen) atoms. The molecule has 0 aliphatic rings. The number of nitrogens with zero attached hydrogens (tertiary/aromatic N) is 1. The van der Waals surface area contributed by atoms with Gasteiger partial charge in [0.25, 0.3) is 0 Å². The standard InChI is InChI=1S/C30H20N2S/c1-19-9-7-8-16-31-32-26-13-6-5-12-22(26)24-18-25-23-17-21(20-10-3-2-4-11-20)14-15-27(23)33-30(25)28(19)29(24)32/h2-18,31H,1H2.